The summed E-state index contributed by atoms with van der Waals surface area (Å²) in [5.74, 6) is -0.0126. The first kappa shape index (κ1) is 30.1. The first-order valence-electron chi connectivity index (χ1n) is 14.6. The highest BCUT2D eigenvalue weighted by Crippen LogP contribution is 2.46. The van der Waals surface area contributed by atoms with Crippen LogP contribution >= 0.6 is 11.6 Å². The second-order valence-electron chi connectivity index (χ2n) is 12.9. The van der Waals surface area contributed by atoms with Crippen LogP contribution in [0.3, 0.4) is 0 Å². The predicted molar refractivity (Wildman–Crippen MR) is 163 cm³/mol. The first-order valence-corrected chi connectivity index (χ1v) is 15.0. The van der Waals surface area contributed by atoms with E-state index in [0.29, 0.717) is 45.1 Å². The van der Waals surface area contributed by atoms with Crippen LogP contribution in [0.2, 0.25) is 5.02 Å². The van der Waals surface area contributed by atoms with E-state index in [0.717, 1.165) is 18.4 Å². The van der Waals surface area contributed by atoms with E-state index in [2.05, 4.69) is 15.2 Å². The zero-order valence-corrected chi connectivity index (χ0v) is 25.5. The van der Waals surface area contributed by atoms with Gasteiger partial charge in [-0.05, 0) is 54.4 Å². The van der Waals surface area contributed by atoms with Crippen LogP contribution < -0.4 is 5.73 Å². The SMILES string of the molecule is CC(C)(C)C[C@]1(C2C=CC(c3cnn(C(F)F)c3)=CC2)N=C(N)N([C@H](CO)c2ccc(Cl)c(-c3ncnn3C3CC3)c2)C1=O. The molecule has 13 heteroatoms. The number of alkyl halides is 2. The summed E-state index contributed by atoms with van der Waals surface area (Å²) in [5, 5.41) is 19.3. The van der Waals surface area contributed by atoms with Gasteiger partial charge in [-0.15, -0.1) is 0 Å². The van der Waals surface area contributed by atoms with Crippen molar-refractivity contribution in [1.29, 1.82) is 0 Å². The molecule has 2 aliphatic carbocycles. The zero-order valence-electron chi connectivity index (χ0n) is 24.7. The van der Waals surface area contributed by atoms with Crippen molar-refractivity contribution < 1.29 is 18.7 Å². The Kier molecular flexibility index (Phi) is 7.69. The van der Waals surface area contributed by atoms with E-state index in [9.17, 15) is 18.7 Å². The average Bonchev–Trinajstić information content (AvgIpc) is 3.39. The summed E-state index contributed by atoms with van der Waals surface area (Å²) in [6.07, 6.45) is 12.7. The number of hydrogen-bond donors (Lipinski definition) is 2. The fourth-order valence-corrected chi connectivity index (χ4v) is 6.49. The number of rotatable bonds is 9. The zero-order chi connectivity index (χ0) is 31.4. The molecule has 3 aliphatic rings. The number of nitrogens with two attached hydrogens (primary N) is 1. The molecule has 1 amide bonds. The molecule has 2 aromatic heterocycles. The van der Waals surface area contributed by atoms with Gasteiger partial charge >= 0.3 is 6.55 Å². The Morgan fingerprint density at radius 1 is 1.23 bits per heavy atom. The van der Waals surface area contributed by atoms with Crippen LogP contribution in [0.1, 0.15) is 76.2 Å². The first-order chi connectivity index (χ1) is 20.9. The Bertz CT molecular complexity index is 1670. The number of benzene rings is 1. The molecule has 0 spiro atoms. The molecule has 1 fully saturated rings. The van der Waals surface area contributed by atoms with Crippen LogP contribution in [0.15, 0.2) is 60.1 Å². The Morgan fingerprint density at radius 2 is 2.00 bits per heavy atom. The van der Waals surface area contributed by atoms with Crippen molar-refractivity contribution in [3.63, 3.8) is 0 Å². The van der Waals surface area contributed by atoms with Gasteiger partial charge in [-0.3, -0.25) is 9.69 Å². The summed E-state index contributed by atoms with van der Waals surface area (Å²) in [6.45, 7) is 2.98. The third-order valence-corrected chi connectivity index (χ3v) is 8.69. The van der Waals surface area contributed by atoms with Gasteiger partial charge in [0.1, 0.15) is 6.33 Å². The topological polar surface area (TPSA) is 127 Å². The van der Waals surface area contributed by atoms with Gasteiger partial charge in [0, 0.05) is 23.2 Å². The molecule has 3 heterocycles. The number of allylic oxidation sites excluding steroid dienone is 3. The second-order valence-corrected chi connectivity index (χ2v) is 13.3. The van der Waals surface area contributed by atoms with Crippen LogP contribution in [0.25, 0.3) is 17.0 Å². The molecular weight excluding hydrogens is 590 g/mol. The number of aliphatic hydroxyl groups excluding tert-OH is 1. The molecule has 0 bridgehead atoms. The minimum Gasteiger partial charge on any atom is -0.394 e. The summed E-state index contributed by atoms with van der Waals surface area (Å²) in [6, 6.07) is 4.78. The van der Waals surface area contributed by atoms with Crippen molar-refractivity contribution in [3.8, 4) is 11.4 Å². The van der Waals surface area contributed by atoms with Gasteiger partial charge in [-0.25, -0.2) is 19.3 Å². The lowest BCUT2D eigenvalue weighted by molar-refractivity contribution is -0.136. The van der Waals surface area contributed by atoms with E-state index in [1.54, 1.807) is 12.1 Å². The number of carbonyl (C=O) groups excluding carboxylic acids is 1. The highest BCUT2D eigenvalue weighted by atomic mass is 35.5. The quantitative estimate of drug-likeness (QED) is 0.321. The number of hydrogen-bond acceptors (Lipinski definition) is 7. The van der Waals surface area contributed by atoms with E-state index in [1.807, 2.05) is 49.7 Å². The number of aromatic nitrogens is 5. The molecule has 0 radical (unpaired) electrons. The Labute approximate surface area is 258 Å². The van der Waals surface area contributed by atoms with Crippen LogP contribution in [-0.4, -0.2) is 58.6 Å². The number of nitrogens with zero attached hydrogens (tertiary/aromatic N) is 7. The normalized spacial score (nSPS) is 23.0. The van der Waals surface area contributed by atoms with E-state index >= 15 is 0 Å². The van der Waals surface area contributed by atoms with Crippen LogP contribution in [-0.2, 0) is 4.79 Å². The number of carbonyl (C=O) groups is 1. The summed E-state index contributed by atoms with van der Waals surface area (Å²) >= 11 is 6.61. The highest BCUT2D eigenvalue weighted by molar-refractivity contribution is 6.33. The highest BCUT2D eigenvalue weighted by Gasteiger charge is 2.55. The van der Waals surface area contributed by atoms with Crippen LogP contribution in [0, 0.1) is 11.3 Å². The van der Waals surface area contributed by atoms with Gasteiger partial charge in [0.15, 0.2) is 17.3 Å². The molecule has 1 aliphatic heterocycles. The fraction of sp³-hybridized carbons (Fsp3) is 0.452. The molecule has 0 saturated heterocycles. The van der Waals surface area contributed by atoms with Crippen molar-refractivity contribution >= 4 is 29.0 Å². The van der Waals surface area contributed by atoms with E-state index < -0.39 is 24.7 Å². The standard InChI is InChI=1S/C31H35ClF2N8O2/c1-30(2,3)16-31(21-7-4-18(5-8-21)20-13-37-40(14-20)28(33)34)27(44)41(29(35)39-31)25(15-43)19-6-11-24(32)23(12-19)26-36-17-38-42(26)22-9-10-22/h4-7,11-14,17,21-22,25,28,43H,8-10,15-16H2,1-3H3,(H2,35,39)/t21?,25-,31-/m1/s1. The molecule has 1 unspecified atom stereocenters. The third-order valence-electron chi connectivity index (χ3n) is 8.36. The molecular formula is C31H35ClF2N8O2. The van der Waals surface area contributed by atoms with Gasteiger partial charge in [-0.2, -0.15) is 19.0 Å². The molecule has 10 nitrogen and oxygen atoms in total. The molecule has 1 saturated carbocycles. The van der Waals surface area contributed by atoms with Crippen molar-refractivity contribution in [2.24, 2.45) is 22.1 Å². The van der Waals surface area contributed by atoms with Gasteiger partial charge < -0.3 is 10.8 Å². The Morgan fingerprint density at radius 3 is 2.61 bits per heavy atom. The minimum atomic E-state index is -2.73. The molecule has 3 atom stereocenters. The third kappa shape index (κ3) is 5.45. The lowest BCUT2D eigenvalue weighted by atomic mass is 9.70. The summed E-state index contributed by atoms with van der Waals surface area (Å²) in [5.41, 5.74) is 7.58. The smallest absolute Gasteiger partial charge is 0.333 e. The lowest BCUT2D eigenvalue weighted by Crippen LogP contribution is -2.51. The van der Waals surface area contributed by atoms with Crippen LogP contribution in [0.4, 0.5) is 8.78 Å². The monoisotopic (exact) mass is 624 g/mol. The van der Waals surface area contributed by atoms with Gasteiger partial charge in [0.2, 0.25) is 0 Å². The number of halogens is 3. The number of aliphatic imine (C=N–C) groups is 1. The largest absolute Gasteiger partial charge is 0.394 e. The Hall–Kier alpha value is -3.90. The molecule has 1 aromatic carbocycles. The molecule has 6 rings (SSSR count). The number of aliphatic hydroxyl groups is 1. The fourth-order valence-electron chi connectivity index (χ4n) is 6.29. The van der Waals surface area contributed by atoms with Crippen molar-refractivity contribution in [1.82, 2.24) is 29.4 Å². The number of amides is 1. The number of guanidine groups is 1. The Balaban J connectivity index is 1.32. The van der Waals surface area contributed by atoms with Gasteiger partial charge in [0.05, 0.1) is 29.9 Å². The van der Waals surface area contributed by atoms with E-state index in [4.69, 9.17) is 22.3 Å². The van der Waals surface area contributed by atoms with E-state index in [-0.39, 0.29) is 29.2 Å². The molecule has 3 aromatic rings. The molecule has 232 valence electrons. The predicted octanol–water partition coefficient (Wildman–Crippen LogP) is 5.55. The summed E-state index contributed by atoms with van der Waals surface area (Å²) < 4.78 is 28.6. The lowest BCUT2D eigenvalue weighted by Gasteiger charge is -2.38. The summed E-state index contributed by atoms with van der Waals surface area (Å²) in [4.78, 5) is 25.3. The maximum Gasteiger partial charge on any atom is 0.333 e. The van der Waals surface area contributed by atoms with Crippen molar-refractivity contribution in [2.75, 3.05) is 6.61 Å². The maximum absolute atomic E-state index is 14.6. The van der Waals surface area contributed by atoms with Gasteiger partial charge in [0.25, 0.3) is 5.91 Å². The molecule has 3 N–H and O–H groups in total. The second kappa shape index (κ2) is 11.2. The molecule has 44 heavy (non-hydrogen) atoms. The van der Waals surface area contributed by atoms with E-state index in [1.165, 1.54) is 23.6 Å². The van der Waals surface area contributed by atoms with Crippen molar-refractivity contribution in [2.45, 2.75) is 70.6 Å². The van der Waals surface area contributed by atoms with Gasteiger partial charge in [-0.1, -0.05) is 56.7 Å². The summed E-state index contributed by atoms with van der Waals surface area (Å²) in [7, 11) is 0. The van der Waals surface area contributed by atoms with Crippen molar-refractivity contribution in [3.05, 3.63) is 71.3 Å². The minimum absolute atomic E-state index is 0.0253. The average molecular weight is 625 g/mol. The van der Waals surface area contributed by atoms with Crippen LogP contribution in [0.5, 0.6) is 0 Å². The maximum atomic E-state index is 14.6.